The molecule has 1 saturated heterocycles. The summed E-state index contributed by atoms with van der Waals surface area (Å²) < 4.78 is 0. The lowest BCUT2D eigenvalue weighted by molar-refractivity contribution is -0.123. The van der Waals surface area contributed by atoms with Crippen LogP contribution in [0.2, 0.25) is 0 Å². The Kier molecular flexibility index (Phi) is 3.26. The molecule has 0 bridgehead atoms. The maximum Gasteiger partial charge on any atom is 0.221 e. The van der Waals surface area contributed by atoms with E-state index in [-0.39, 0.29) is 11.8 Å². The summed E-state index contributed by atoms with van der Waals surface area (Å²) in [5.41, 5.74) is 11.4. The first-order valence-corrected chi connectivity index (χ1v) is 5.97. The fraction of sp³-hybridized carbons (Fsp3) is 0.909. The second-order valence-electron chi connectivity index (χ2n) is 4.90. The molecular formula is C11H21N3O. The monoisotopic (exact) mass is 211 g/mol. The minimum Gasteiger partial charge on any atom is -0.369 e. The number of likely N-dealkylation sites (tertiary alicyclic amines) is 1. The molecule has 4 N–H and O–H groups in total. The molecule has 86 valence electrons. The minimum absolute atomic E-state index is 0.0477. The maximum atomic E-state index is 11.2. The Hall–Kier alpha value is -0.610. The summed E-state index contributed by atoms with van der Waals surface area (Å²) in [5.74, 6) is -0.0992. The highest BCUT2D eigenvalue weighted by molar-refractivity contribution is 5.76. The Morgan fingerprint density at radius 1 is 1.20 bits per heavy atom. The van der Waals surface area contributed by atoms with Gasteiger partial charge in [-0.1, -0.05) is 6.42 Å². The van der Waals surface area contributed by atoms with E-state index in [1.165, 1.54) is 12.8 Å². The van der Waals surface area contributed by atoms with Crippen LogP contribution in [0.1, 0.15) is 32.1 Å². The average molecular weight is 211 g/mol. The maximum absolute atomic E-state index is 11.2. The van der Waals surface area contributed by atoms with E-state index < -0.39 is 0 Å². The lowest BCUT2D eigenvalue weighted by atomic mass is 9.95. The number of nitrogens with zero attached hydrogens (tertiary/aromatic N) is 1. The van der Waals surface area contributed by atoms with Crippen molar-refractivity contribution in [1.82, 2.24) is 4.90 Å². The molecule has 2 rings (SSSR count). The van der Waals surface area contributed by atoms with Crippen LogP contribution in [-0.2, 0) is 4.79 Å². The molecule has 15 heavy (non-hydrogen) atoms. The van der Waals surface area contributed by atoms with Crippen molar-refractivity contribution in [2.24, 2.45) is 17.4 Å². The number of piperidine rings is 1. The van der Waals surface area contributed by atoms with Crippen LogP contribution in [0.4, 0.5) is 0 Å². The third kappa shape index (κ3) is 2.32. The van der Waals surface area contributed by atoms with E-state index in [1.54, 1.807) is 0 Å². The summed E-state index contributed by atoms with van der Waals surface area (Å²) in [4.78, 5) is 13.5. The number of nitrogens with two attached hydrogens (primary N) is 2. The molecule has 2 fully saturated rings. The van der Waals surface area contributed by atoms with Gasteiger partial charge in [-0.15, -0.1) is 0 Å². The van der Waals surface area contributed by atoms with E-state index in [2.05, 4.69) is 4.90 Å². The van der Waals surface area contributed by atoms with Gasteiger partial charge in [0.1, 0.15) is 0 Å². The zero-order chi connectivity index (χ0) is 10.8. The summed E-state index contributed by atoms with van der Waals surface area (Å²) in [6.07, 6.45) is 5.57. The first kappa shape index (κ1) is 10.9. The summed E-state index contributed by atoms with van der Waals surface area (Å²) in [5, 5.41) is 0. The van der Waals surface area contributed by atoms with Crippen molar-refractivity contribution in [2.75, 3.05) is 13.1 Å². The van der Waals surface area contributed by atoms with Crippen molar-refractivity contribution < 1.29 is 4.79 Å². The van der Waals surface area contributed by atoms with Crippen molar-refractivity contribution in [3.8, 4) is 0 Å². The van der Waals surface area contributed by atoms with E-state index in [0.717, 1.165) is 32.4 Å². The summed E-state index contributed by atoms with van der Waals surface area (Å²) in [6, 6.07) is 0.795. The van der Waals surface area contributed by atoms with E-state index in [4.69, 9.17) is 11.5 Å². The lowest BCUT2D eigenvalue weighted by Crippen LogP contribution is -2.50. The molecule has 4 heteroatoms. The highest BCUT2D eigenvalue weighted by Gasteiger charge is 2.33. The number of hydrogen-bond donors (Lipinski definition) is 2. The van der Waals surface area contributed by atoms with Crippen LogP contribution >= 0.6 is 0 Å². The number of carbonyl (C=O) groups excluding carboxylic acids is 1. The van der Waals surface area contributed by atoms with Gasteiger partial charge in [-0.05, 0) is 32.2 Å². The standard InChI is InChI=1S/C11H21N3O/c12-9-4-1-5-10(9)14-6-2-3-8(7-14)11(13)15/h8-10H,1-7,12H2,(H2,13,15). The average Bonchev–Trinajstić information content (AvgIpc) is 2.64. The normalized spacial score (nSPS) is 38.1. The Balaban J connectivity index is 1.94. The van der Waals surface area contributed by atoms with E-state index >= 15 is 0 Å². The third-order valence-corrected chi connectivity index (χ3v) is 3.86. The fourth-order valence-electron chi connectivity index (χ4n) is 2.96. The molecule has 3 unspecified atom stereocenters. The molecule has 1 aliphatic carbocycles. The van der Waals surface area contributed by atoms with E-state index in [9.17, 15) is 4.79 Å². The van der Waals surface area contributed by atoms with Crippen LogP contribution in [0.5, 0.6) is 0 Å². The van der Waals surface area contributed by atoms with Gasteiger partial charge in [-0.2, -0.15) is 0 Å². The van der Waals surface area contributed by atoms with Gasteiger partial charge >= 0.3 is 0 Å². The van der Waals surface area contributed by atoms with Crippen LogP contribution in [0.3, 0.4) is 0 Å². The van der Waals surface area contributed by atoms with Gasteiger partial charge in [-0.3, -0.25) is 9.69 Å². The third-order valence-electron chi connectivity index (χ3n) is 3.86. The van der Waals surface area contributed by atoms with Gasteiger partial charge in [-0.25, -0.2) is 0 Å². The first-order valence-electron chi connectivity index (χ1n) is 5.97. The van der Waals surface area contributed by atoms with Gasteiger partial charge in [0.25, 0.3) is 0 Å². The number of carbonyl (C=O) groups is 1. The molecule has 0 spiro atoms. The predicted octanol–water partition coefficient (Wildman–Crippen LogP) is 0.0635. The second-order valence-corrected chi connectivity index (χ2v) is 4.90. The zero-order valence-corrected chi connectivity index (χ0v) is 9.19. The highest BCUT2D eigenvalue weighted by Crippen LogP contribution is 2.27. The molecule has 1 amide bonds. The predicted molar refractivity (Wildman–Crippen MR) is 59.1 cm³/mol. The Bertz CT molecular complexity index is 244. The van der Waals surface area contributed by atoms with Gasteiger partial charge in [0.15, 0.2) is 0 Å². The largest absolute Gasteiger partial charge is 0.369 e. The van der Waals surface area contributed by atoms with Crippen LogP contribution < -0.4 is 11.5 Å². The van der Waals surface area contributed by atoms with Gasteiger partial charge in [0, 0.05) is 18.6 Å². The Labute approximate surface area is 91.0 Å². The Morgan fingerprint density at radius 3 is 2.60 bits per heavy atom. The molecule has 4 nitrogen and oxygen atoms in total. The van der Waals surface area contributed by atoms with Gasteiger partial charge in [0.05, 0.1) is 5.92 Å². The number of amides is 1. The molecule has 0 radical (unpaired) electrons. The lowest BCUT2D eigenvalue weighted by Gasteiger charge is -2.37. The molecule has 0 aromatic rings. The Morgan fingerprint density at radius 2 is 2.00 bits per heavy atom. The minimum atomic E-state index is -0.147. The summed E-state index contributed by atoms with van der Waals surface area (Å²) in [6.45, 7) is 1.91. The molecule has 3 atom stereocenters. The zero-order valence-electron chi connectivity index (χ0n) is 9.19. The summed E-state index contributed by atoms with van der Waals surface area (Å²) in [7, 11) is 0. The molecule has 1 aliphatic heterocycles. The molecule has 0 aromatic heterocycles. The molecule has 1 saturated carbocycles. The number of hydrogen-bond acceptors (Lipinski definition) is 3. The van der Waals surface area contributed by atoms with Crippen molar-refractivity contribution in [3.63, 3.8) is 0 Å². The molecule has 1 heterocycles. The smallest absolute Gasteiger partial charge is 0.221 e. The van der Waals surface area contributed by atoms with Crippen LogP contribution in [0.15, 0.2) is 0 Å². The van der Waals surface area contributed by atoms with E-state index in [0.29, 0.717) is 12.1 Å². The van der Waals surface area contributed by atoms with Crippen molar-refractivity contribution in [1.29, 1.82) is 0 Å². The van der Waals surface area contributed by atoms with Gasteiger partial charge in [0.2, 0.25) is 5.91 Å². The summed E-state index contributed by atoms with van der Waals surface area (Å²) >= 11 is 0. The van der Waals surface area contributed by atoms with E-state index in [1.807, 2.05) is 0 Å². The van der Waals surface area contributed by atoms with Crippen molar-refractivity contribution >= 4 is 5.91 Å². The molecule has 0 aromatic carbocycles. The van der Waals surface area contributed by atoms with Crippen LogP contribution in [0, 0.1) is 5.92 Å². The quantitative estimate of drug-likeness (QED) is 0.678. The van der Waals surface area contributed by atoms with Gasteiger partial charge < -0.3 is 11.5 Å². The highest BCUT2D eigenvalue weighted by atomic mass is 16.1. The second kappa shape index (κ2) is 4.49. The molecular weight excluding hydrogens is 190 g/mol. The van der Waals surface area contributed by atoms with Crippen molar-refractivity contribution in [2.45, 2.75) is 44.2 Å². The topological polar surface area (TPSA) is 72.4 Å². The molecule has 2 aliphatic rings. The first-order chi connectivity index (χ1) is 7.18. The van der Waals surface area contributed by atoms with Crippen LogP contribution in [-0.4, -0.2) is 36.0 Å². The van der Waals surface area contributed by atoms with Crippen molar-refractivity contribution in [3.05, 3.63) is 0 Å². The number of rotatable bonds is 2. The SMILES string of the molecule is NC(=O)C1CCCN(C2CCCC2N)C1. The number of primary amides is 1. The van der Waals surface area contributed by atoms with Crippen LogP contribution in [0.25, 0.3) is 0 Å². The fourth-order valence-corrected chi connectivity index (χ4v) is 2.96.